The van der Waals surface area contributed by atoms with E-state index in [0.717, 1.165) is 12.8 Å². The van der Waals surface area contributed by atoms with Crippen molar-refractivity contribution in [1.29, 1.82) is 0 Å². The summed E-state index contributed by atoms with van der Waals surface area (Å²) in [6, 6.07) is 7.17. The van der Waals surface area contributed by atoms with E-state index < -0.39 is 0 Å². The van der Waals surface area contributed by atoms with E-state index in [1.807, 2.05) is 18.4 Å². The van der Waals surface area contributed by atoms with Gasteiger partial charge in [0, 0.05) is 27.4 Å². The van der Waals surface area contributed by atoms with Gasteiger partial charge in [-0.3, -0.25) is 0 Å². The molecule has 0 bridgehead atoms. The first-order chi connectivity index (χ1) is 9.70. The van der Waals surface area contributed by atoms with Crippen LogP contribution in [0.5, 0.6) is 0 Å². The molecule has 2 aromatic rings. The van der Waals surface area contributed by atoms with Crippen LogP contribution < -0.4 is 5.32 Å². The Morgan fingerprint density at radius 3 is 3.00 bits per heavy atom. The zero-order valence-electron chi connectivity index (χ0n) is 11.3. The molecule has 3 rings (SSSR count). The first-order valence-corrected chi connectivity index (χ1v) is 8.15. The van der Waals surface area contributed by atoms with Gasteiger partial charge in [-0.1, -0.05) is 17.7 Å². The molecule has 0 amide bonds. The third-order valence-electron chi connectivity index (χ3n) is 4.11. The number of rotatable bonds is 3. The smallest absolute Gasteiger partial charge is 0.129 e. The first-order valence-electron chi connectivity index (χ1n) is 6.89. The summed E-state index contributed by atoms with van der Waals surface area (Å²) in [7, 11) is 1.90. The number of fused-ring (bicyclic) bond motifs is 1. The SMILES string of the molecule is CNC(c1ccc(Cl)cc1F)C1CCCc2sccc21. The summed E-state index contributed by atoms with van der Waals surface area (Å²) in [5.41, 5.74) is 2.09. The van der Waals surface area contributed by atoms with Crippen molar-refractivity contribution in [1.82, 2.24) is 5.32 Å². The highest BCUT2D eigenvalue weighted by molar-refractivity contribution is 7.10. The highest BCUT2D eigenvalue weighted by Crippen LogP contribution is 2.42. The molecule has 1 nitrogen and oxygen atoms in total. The first kappa shape index (κ1) is 14.1. The van der Waals surface area contributed by atoms with Crippen molar-refractivity contribution in [2.24, 2.45) is 0 Å². The van der Waals surface area contributed by atoms with Gasteiger partial charge in [0.05, 0.1) is 0 Å². The Morgan fingerprint density at radius 2 is 2.25 bits per heavy atom. The lowest BCUT2D eigenvalue weighted by atomic mass is 9.80. The number of thiophene rings is 1. The van der Waals surface area contributed by atoms with Crippen molar-refractivity contribution < 1.29 is 4.39 Å². The van der Waals surface area contributed by atoms with Crippen molar-refractivity contribution in [3.8, 4) is 0 Å². The van der Waals surface area contributed by atoms with Crippen LogP contribution in [0.25, 0.3) is 0 Å². The van der Waals surface area contributed by atoms with Gasteiger partial charge in [0.2, 0.25) is 0 Å². The third-order valence-corrected chi connectivity index (χ3v) is 5.34. The van der Waals surface area contributed by atoms with E-state index in [-0.39, 0.29) is 11.9 Å². The number of hydrogen-bond acceptors (Lipinski definition) is 2. The number of hydrogen-bond donors (Lipinski definition) is 1. The van der Waals surface area contributed by atoms with Gasteiger partial charge < -0.3 is 5.32 Å². The topological polar surface area (TPSA) is 12.0 Å². The van der Waals surface area contributed by atoms with Crippen LogP contribution in [-0.4, -0.2) is 7.05 Å². The van der Waals surface area contributed by atoms with Crippen LogP contribution >= 0.6 is 22.9 Å². The van der Waals surface area contributed by atoms with E-state index in [2.05, 4.69) is 16.8 Å². The highest BCUT2D eigenvalue weighted by Gasteiger charge is 2.30. The molecule has 1 N–H and O–H groups in total. The van der Waals surface area contributed by atoms with Crippen molar-refractivity contribution >= 4 is 22.9 Å². The van der Waals surface area contributed by atoms with Crippen molar-refractivity contribution in [3.05, 3.63) is 56.5 Å². The molecule has 0 saturated heterocycles. The molecule has 2 atom stereocenters. The second-order valence-corrected chi connectivity index (χ2v) is 6.67. The summed E-state index contributed by atoms with van der Waals surface area (Å²) in [6.07, 6.45) is 3.42. The lowest BCUT2D eigenvalue weighted by Gasteiger charge is -2.31. The van der Waals surface area contributed by atoms with Gasteiger partial charge in [-0.2, -0.15) is 0 Å². The normalized spacial score (nSPS) is 19.6. The average Bonchev–Trinajstić information content (AvgIpc) is 2.91. The van der Waals surface area contributed by atoms with Gasteiger partial charge in [-0.25, -0.2) is 4.39 Å². The van der Waals surface area contributed by atoms with Gasteiger partial charge in [0.25, 0.3) is 0 Å². The molecule has 1 aliphatic carbocycles. The van der Waals surface area contributed by atoms with Crippen molar-refractivity contribution in [3.63, 3.8) is 0 Å². The maximum Gasteiger partial charge on any atom is 0.129 e. The quantitative estimate of drug-likeness (QED) is 0.848. The Balaban J connectivity index is 1.99. The third kappa shape index (κ3) is 2.50. The maximum absolute atomic E-state index is 14.2. The van der Waals surface area contributed by atoms with Gasteiger partial charge in [0.15, 0.2) is 0 Å². The molecular formula is C16H17ClFNS. The number of aryl methyl sites for hydroxylation is 1. The van der Waals surface area contributed by atoms with E-state index in [4.69, 9.17) is 11.6 Å². The van der Waals surface area contributed by atoms with E-state index in [1.54, 1.807) is 12.1 Å². The van der Waals surface area contributed by atoms with Crippen molar-refractivity contribution in [2.75, 3.05) is 7.05 Å². The summed E-state index contributed by atoms with van der Waals surface area (Å²) in [6.45, 7) is 0. The number of nitrogens with one attached hydrogen (secondary N) is 1. The predicted octanol–water partition coefficient (Wildman–Crippen LogP) is 4.92. The van der Waals surface area contributed by atoms with Gasteiger partial charge >= 0.3 is 0 Å². The molecule has 1 heterocycles. The average molecular weight is 310 g/mol. The molecule has 1 aromatic carbocycles. The molecule has 0 aliphatic heterocycles. The fraction of sp³-hybridized carbons (Fsp3) is 0.375. The van der Waals surface area contributed by atoms with Crippen molar-refractivity contribution in [2.45, 2.75) is 31.2 Å². The van der Waals surface area contributed by atoms with Crippen LogP contribution in [-0.2, 0) is 6.42 Å². The Morgan fingerprint density at radius 1 is 1.40 bits per heavy atom. The molecule has 1 aliphatic rings. The summed E-state index contributed by atoms with van der Waals surface area (Å²) >= 11 is 7.67. The number of benzene rings is 1. The van der Waals surface area contributed by atoms with Gasteiger partial charge in [-0.15, -0.1) is 11.3 Å². The molecule has 0 spiro atoms. The van der Waals surface area contributed by atoms with E-state index in [9.17, 15) is 4.39 Å². The molecule has 20 heavy (non-hydrogen) atoms. The summed E-state index contributed by atoms with van der Waals surface area (Å²) in [5, 5.41) is 5.89. The van der Waals surface area contributed by atoms with Crippen LogP contribution in [0.2, 0.25) is 5.02 Å². The molecule has 0 fully saturated rings. The number of halogens is 2. The molecule has 1 aromatic heterocycles. The molecular weight excluding hydrogens is 293 g/mol. The van der Waals surface area contributed by atoms with E-state index in [0.29, 0.717) is 16.5 Å². The lowest BCUT2D eigenvalue weighted by Crippen LogP contribution is -2.26. The van der Waals surface area contributed by atoms with Crippen LogP contribution in [0.4, 0.5) is 4.39 Å². The lowest BCUT2D eigenvalue weighted by molar-refractivity contribution is 0.414. The number of likely N-dealkylation sites (N-methyl/N-ethyl adjacent to an activating group) is 1. The summed E-state index contributed by atoms with van der Waals surface area (Å²) in [5.74, 6) is 0.116. The monoisotopic (exact) mass is 309 g/mol. The molecule has 0 saturated carbocycles. The Bertz CT molecular complexity index is 610. The largest absolute Gasteiger partial charge is 0.312 e. The van der Waals surface area contributed by atoms with Crippen LogP contribution in [0.3, 0.4) is 0 Å². The van der Waals surface area contributed by atoms with Crippen LogP contribution in [0.15, 0.2) is 29.6 Å². The minimum Gasteiger partial charge on any atom is -0.312 e. The zero-order chi connectivity index (χ0) is 14.1. The molecule has 0 radical (unpaired) electrons. The van der Waals surface area contributed by atoms with E-state index >= 15 is 0 Å². The van der Waals surface area contributed by atoms with Crippen LogP contribution in [0.1, 0.15) is 40.8 Å². The zero-order valence-corrected chi connectivity index (χ0v) is 12.9. The Kier molecular flexibility index (Phi) is 4.11. The van der Waals surface area contributed by atoms with Gasteiger partial charge in [-0.05, 0) is 55.5 Å². The van der Waals surface area contributed by atoms with Gasteiger partial charge in [0.1, 0.15) is 5.82 Å². The second kappa shape index (κ2) is 5.84. The Hall–Kier alpha value is -0.900. The van der Waals surface area contributed by atoms with Crippen LogP contribution in [0, 0.1) is 5.82 Å². The minimum atomic E-state index is -0.223. The fourth-order valence-corrected chi connectivity index (χ4v) is 4.35. The molecule has 106 valence electrons. The van der Waals surface area contributed by atoms with E-state index in [1.165, 1.54) is 22.9 Å². The summed E-state index contributed by atoms with van der Waals surface area (Å²) < 4.78 is 14.2. The predicted molar refractivity (Wildman–Crippen MR) is 83.2 cm³/mol. The minimum absolute atomic E-state index is 0.000849. The fourth-order valence-electron chi connectivity index (χ4n) is 3.20. The second-order valence-electron chi connectivity index (χ2n) is 5.23. The molecule has 2 unspecified atom stereocenters. The summed E-state index contributed by atoms with van der Waals surface area (Å²) in [4.78, 5) is 1.45. The molecule has 4 heteroatoms. The Labute approximate surface area is 127 Å². The maximum atomic E-state index is 14.2. The standard InChI is InChI=1S/C16H17ClFNS/c1-19-16(13-6-5-10(17)9-14(13)18)12-3-2-4-15-11(12)7-8-20-15/h5-9,12,16,19H,2-4H2,1H3. The highest BCUT2D eigenvalue weighted by atomic mass is 35.5.